The van der Waals surface area contributed by atoms with Crippen LogP contribution < -0.4 is 10.9 Å². The molecule has 5 nitrogen and oxygen atoms in total. The Balaban J connectivity index is 1.71. The molecule has 0 saturated carbocycles. The van der Waals surface area contributed by atoms with Gasteiger partial charge in [0.25, 0.3) is 5.91 Å². The Labute approximate surface area is 179 Å². The second-order valence-corrected chi connectivity index (χ2v) is 7.84. The number of nitrogens with one attached hydrogen (secondary N) is 2. The van der Waals surface area contributed by atoms with Gasteiger partial charge in [0.2, 0.25) is 0 Å². The summed E-state index contributed by atoms with van der Waals surface area (Å²) in [5.41, 5.74) is 7.88. The molecular weight excluding hydrogens is 419 g/mol. The molecule has 0 aliphatic carbocycles. The van der Waals surface area contributed by atoms with Gasteiger partial charge in [0.15, 0.2) is 0 Å². The molecule has 1 heterocycles. The minimum absolute atomic E-state index is 0.214. The number of carbonyl (C=O) groups excluding carboxylic acids is 1. The van der Waals surface area contributed by atoms with Crippen molar-refractivity contribution in [3.05, 3.63) is 63.1 Å². The van der Waals surface area contributed by atoms with Gasteiger partial charge in [0.1, 0.15) is 5.71 Å². The second-order valence-electron chi connectivity index (χ2n) is 6.56. The number of hydrazine groups is 1. The van der Waals surface area contributed by atoms with Gasteiger partial charge in [-0.05, 0) is 55.2 Å². The Morgan fingerprint density at radius 1 is 1.00 bits per heavy atom. The van der Waals surface area contributed by atoms with Gasteiger partial charge in [0.05, 0.1) is 10.7 Å². The summed E-state index contributed by atoms with van der Waals surface area (Å²) in [6.07, 6.45) is 3.30. The zero-order valence-electron chi connectivity index (χ0n) is 15.2. The van der Waals surface area contributed by atoms with Crippen LogP contribution in [0.15, 0.2) is 47.6 Å². The number of anilines is 1. The standard InChI is InChI=1S/C20H21Cl3N4O/c21-15-6-3-14(4-7-15)5-9-19(20(28)26-27-11-1-2-12-27)25-24-18-10-8-16(22)13-17(18)23/h3-4,6-8,10,13,24H,1-2,5,9,11-12H2,(H,26,28)/b25-19+. The van der Waals surface area contributed by atoms with Crippen LogP contribution in [0, 0.1) is 0 Å². The van der Waals surface area contributed by atoms with E-state index in [4.69, 9.17) is 34.8 Å². The number of rotatable bonds is 7. The summed E-state index contributed by atoms with van der Waals surface area (Å²) < 4.78 is 0. The van der Waals surface area contributed by atoms with E-state index in [0.717, 1.165) is 31.5 Å². The lowest BCUT2D eigenvalue weighted by molar-refractivity contribution is -0.119. The number of aryl methyl sites for hydroxylation is 1. The van der Waals surface area contributed by atoms with Crippen LogP contribution in [0.4, 0.5) is 5.69 Å². The SMILES string of the molecule is O=C(NN1CCCC1)/C(CCc1ccc(Cl)cc1)=N/Nc1ccc(Cl)cc1Cl. The van der Waals surface area contributed by atoms with Gasteiger partial charge >= 0.3 is 0 Å². The fourth-order valence-corrected chi connectivity index (χ4v) is 3.46. The largest absolute Gasteiger partial charge is 0.284 e. The van der Waals surface area contributed by atoms with Crippen molar-refractivity contribution < 1.29 is 4.79 Å². The van der Waals surface area contributed by atoms with E-state index in [1.807, 2.05) is 29.3 Å². The molecule has 0 radical (unpaired) electrons. The molecule has 8 heteroatoms. The third kappa shape index (κ3) is 6.11. The van der Waals surface area contributed by atoms with Crippen LogP contribution in [0.1, 0.15) is 24.8 Å². The first kappa shape index (κ1) is 20.9. The predicted molar refractivity (Wildman–Crippen MR) is 116 cm³/mol. The van der Waals surface area contributed by atoms with Crippen LogP contribution in [-0.2, 0) is 11.2 Å². The number of carbonyl (C=O) groups is 1. The Morgan fingerprint density at radius 3 is 2.36 bits per heavy atom. The smallest absolute Gasteiger partial charge is 0.281 e. The predicted octanol–water partition coefficient (Wildman–Crippen LogP) is 5.17. The lowest BCUT2D eigenvalue weighted by atomic mass is 10.1. The fraction of sp³-hybridized carbons (Fsp3) is 0.300. The van der Waals surface area contributed by atoms with Crippen LogP contribution in [0.3, 0.4) is 0 Å². The maximum Gasteiger partial charge on any atom is 0.281 e. The summed E-state index contributed by atoms with van der Waals surface area (Å²) in [7, 11) is 0. The summed E-state index contributed by atoms with van der Waals surface area (Å²) in [5, 5.41) is 7.92. The van der Waals surface area contributed by atoms with E-state index in [0.29, 0.717) is 39.3 Å². The van der Waals surface area contributed by atoms with Gasteiger partial charge in [-0.1, -0.05) is 46.9 Å². The summed E-state index contributed by atoms with van der Waals surface area (Å²) in [6.45, 7) is 1.71. The number of hydrogen-bond acceptors (Lipinski definition) is 4. The van der Waals surface area contributed by atoms with E-state index in [1.54, 1.807) is 18.2 Å². The van der Waals surface area contributed by atoms with Crippen LogP contribution >= 0.6 is 34.8 Å². The van der Waals surface area contributed by atoms with Gasteiger partial charge in [-0.2, -0.15) is 5.10 Å². The van der Waals surface area contributed by atoms with E-state index >= 15 is 0 Å². The molecule has 28 heavy (non-hydrogen) atoms. The molecule has 1 fully saturated rings. The van der Waals surface area contributed by atoms with Gasteiger partial charge in [0, 0.05) is 29.6 Å². The van der Waals surface area contributed by atoms with E-state index in [1.165, 1.54) is 0 Å². The van der Waals surface area contributed by atoms with Crippen LogP contribution in [0.5, 0.6) is 0 Å². The van der Waals surface area contributed by atoms with Crippen molar-refractivity contribution in [3.63, 3.8) is 0 Å². The molecule has 148 valence electrons. The van der Waals surface area contributed by atoms with Crippen LogP contribution in [-0.4, -0.2) is 29.7 Å². The molecule has 2 N–H and O–H groups in total. The number of amides is 1. The van der Waals surface area contributed by atoms with Crippen molar-refractivity contribution in [2.75, 3.05) is 18.5 Å². The van der Waals surface area contributed by atoms with Crippen molar-refractivity contribution in [2.45, 2.75) is 25.7 Å². The zero-order chi connectivity index (χ0) is 19.9. The number of hydrazone groups is 1. The lowest BCUT2D eigenvalue weighted by Gasteiger charge is -2.17. The summed E-state index contributed by atoms with van der Waals surface area (Å²) >= 11 is 18.0. The Morgan fingerprint density at radius 2 is 1.68 bits per heavy atom. The van der Waals surface area contributed by atoms with Gasteiger partial charge in [-0.25, -0.2) is 5.01 Å². The first-order valence-electron chi connectivity index (χ1n) is 9.09. The normalized spacial score (nSPS) is 14.9. The number of hydrogen-bond donors (Lipinski definition) is 2. The molecule has 1 aliphatic rings. The molecular formula is C20H21Cl3N4O. The highest BCUT2D eigenvalue weighted by Crippen LogP contribution is 2.25. The second kappa shape index (κ2) is 10.1. The molecule has 1 saturated heterocycles. The maximum atomic E-state index is 12.7. The average molecular weight is 440 g/mol. The van der Waals surface area contributed by atoms with E-state index < -0.39 is 0 Å². The third-order valence-corrected chi connectivity index (χ3v) is 5.23. The molecule has 1 aliphatic heterocycles. The Hall–Kier alpha value is -1.79. The molecule has 0 unspecified atom stereocenters. The van der Waals surface area contributed by atoms with Crippen LogP contribution in [0.2, 0.25) is 15.1 Å². The van der Waals surface area contributed by atoms with Gasteiger partial charge in [-0.3, -0.25) is 15.6 Å². The minimum Gasteiger partial charge on any atom is -0.284 e. The quantitative estimate of drug-likeness (QED) is 0.462. The van der Waals surface area contributed by atoms with Gasteiger partial charge < -0.3 is 0 Å². The number of benzene rings is 2. The monoisotopic (exact) mass is 438 g/mol. The summed E-state index contributed by atoms with van der Waals surface area (Å²) in [4.78, 5) is 12.7. The molecule has 0 aromatic heterocycles. The van der Waals surface area contributed by atoms with E-state index in [2.05, 4.69) is 16.0 Å². The maximum absolute atomic E-state index is 12.7. The summed E-state index contributed by atoms with van der Waals surface area (Å²) in [6, 6.07) is 12.6. The number of nitrogens with zero attached hydrogens (tertiary/aromatic N) is 2. The molecule has 2 aromatic carbocycles. The fourth-order valence-electron chi connectivity index (χ4n) is 2.88. The lowest BCUT2D eigenvalue weighted by Crippen LogP contribution is -2.44. The Bertz CT molecular complexity index is 849. The Kier molecular flexibility index (Phi) is 7.57. The first-order chi connectivity index (χ1) is 13.5. The van der Waals surface area contributed by atoms with E-state index in [-0.39, 0.29) is 5.91 Å². The van der Waals surface area contributed by atoms with E-state index in [9.17, 15) is 4.79 Å². The molecule has 3 rings (SSSR count). The highest BCUT2D eigenvalue weighted by atomic mass is 35.5. The van der Waals surface area contributed by atoms with Gasteiger partial charge in [-0.15, -0.1) is 0 Å². The third-order valence-electron chi connectivity index (χ3n) is 4.43. The molecule has 2 aromatic rings. The highest BCUT2D eigenvalue weighted by Gasteiger charge is 2.18. The molecule has 0 spiro atoms. The first-order valence-corrected chi connectivity index (χ1v) is 10.2. The van der Waals surface area contributed by atoms with Crippen molar-refractivity contribution in [1.29, 1.82) is 0 Å². The van der Waals surface area contributed by atoms with Crippen molar-refractivity contribution in [1.82, 2.24) is 10.4 Å². The minimum atomic E-state index is -0.214. The topological polar surface area (TPSA) is 56.7 Å². The average Bonchev–Trinajstić information content (AvgIpc) is 3.17. The zero-order valence-corrected chi connectivity index (χ0v) is 17.5. The van der Waals surface area contributed by atoms with Crippen LogP contribution in [0.25, 0.3) is 0 Å². The highest BCUT2D eigenvalue weighted by molar-refractivity contribution is 6.39. The molecule has 1 amide bonds. The number of halogens is 3. The van der Waals surface area contributed by atoms with Crippen molar-refractivity contribution >= 4 is 52.1 Å². The molecule has 0 bridgehead atoms. The van der Waals surface area contributed by atoms with Crippen molar-refractivity contribution in [2.24, 2.45) is 5.10 Å². The summed E-state index contributed by atoms with van der Waals surface area (Å²) in [5.74, 6) is -0.214. The molecule has 0 atom stereocenters. The van der Waals surface area contributed by atoms with Crippen molar-refractivity contribution in [3.8, 4) is 0 Å².